The maximum atomic E-state index is 12.2. The van der Waals surface area contributed by atoms with Crippen molar-refractivity contribution in [2.24, 2.45) is 0 Å². The number of aromatic amines is 1. The normalized spacial score (nSPS) is 13.2. The minimum absolute atomic E-state index is 0.177. The van der Waals surface area contributed by atoms with Crippen molar-refractivity contribution in [1.82, 2.24) is 10.3 Å². The number of hydrogen-bond acceptors (Lipinski definition) is 4. The van der Waals surface area contributed by atoms with Crippen LogP contribution in [0.25, 0.3) is 0 Å². The summed E-state index contributed by atoms with van der Waals surface area (Å²) in [7, 11) is 0. The Morgan fingerprint density at radius 1 is 1.20 bits per heavy atom. The van der Waals surface area contributed by atoms with Crippen LogP contribution in [-0.4, -0.2) is 28.6 Å². The first-order valence-corrected chi connectivity index (χ1v) is 8.19. The third-order valence-corrected chi connectivity index (χ3v) is 4.13. The number of carbonyl (C=O) groups excluding carboxylic acids is 2. The van der Waals surface area contributed by atoms with E-state index in [2.05, 4.69) is 10.3 Å². The maximum Gasteiger partial charge on any atom is 0.355 e. The maximum absolute atomic E-state index is 12.2. The number of H-pyrrole nitrogens is 1. The van der Waals surface area contributed by atoms with Gasteiger partial charge >= 0.3 is 5.97 Å². The van der Waals surface area contributed by atoms with Gasteiger partial charge in [0.15, 0.2) is 6.61 Å². The van der Waals surface area contributed by atoms with Crippen molar-refractivity contribution < 1.29 is 19.4 Å². The number of carbonyl (C=O) groups is 2. The molecular formula is C19H24N2O4. The van der Waals surface area contributed by atoms with Gasteiger partial charge in [-0.05, 0) is 38.8 Å². The molecule has 0 radical (unpaired) electrons. The number of benzene rings is 1. The van der Waals surface area contributed by atoms with Gasteiger partial charge in [-0.1, -0.05) is 30.3 Å². The molecule has 2 atom stereocenters. The number of ether oxygens (including phenoxy) is 1. The molecule has 6 nitrogen and oxygen atoms in total. The zero-order chi connectivity index (χ0) is 18.6. The van der Waals surface area contributed by atoms with Crippen molar-refractivity contribution in [3.05, 3.63) is 58.4 Å². The van der Waals surface area contributed by atoms with E-state index in [1.54, 1.807) is 20.8 Å². The molecular weight excluding hydrogens is 320 g/mol. The van der Waals surface area contributed by atoms with E-state index >= 15 is 0 Å². The number of hydrogen-bond donors (Lipinski definition) is 3. The Hall–Kier alpha value is -2.60. The molecule has 0 saturated carbocycles. The largest absolute Gasteiger partial charge is 0.451 e. The van der Waals surface area contributed by atoms with Crippen LogP contribution in [0.2, 0.25) is 0 Å². The molecule has 0 spiro atoms. The van der Waals surface area contributed by atoms with E-state index in [1.165, 1.54) is 0 Å². The summed E-state index contributed by atoms with van der Waals surface area (Å²) in [6, 6.07) is 9.35. The molecule has 1 heterocycles. The highest BCUT2D eigenvalue weighted by molar-refractivity contribution is 5.91. The first-order valence-electron chi connectivity index (χ1n) is 8.19. The fourth-order valence-corrected chi connectivity index (χ4v) is 2.91. The number of aromatic nitrogens is 1. The molecule has 0 aliphatic rings. The number of aliphatic hydroxyl groups is 1. The Balaban J connectivity index is 1.94. The lowest BCUT2D eigenvalue weighted by Gasteiger charge is -2.14. The summed E-state index contributed by atoms with van der Waals surface area (Å²) in [5, 5.41) is 12.6. The Morgan fingerprint density at radius 2 is 1.84 bits per heavy atom. The highest BCUT2D eigenvalue weighted by Gasteiger charge is 2.21. The summed E-state index contributed by atoms with van der Waals surface area (Å²) in [4.78, 5) is 27.1. The lowest BCUT2D eigenvalue weighted by molar-refractivity contribution is -0.124. The van der Waals surface area contributed by atoms with Crippen LogP contribution < -0.4 is 5.32 Å². The fraction of sp³-hybridized carbons (Fsp3) is 0.368. The van der Waals surface area contributed by atoms with Gasteiger partial charge in [0.05, 0.1) is 12.1 Å². The molecule has 25 heavy (non-hydrogen) atoms. The monoisotopic (exact) mass is 344 g/mol. The van der Waals surface area contributed by atoms with Crippen LogP contribution in [0.4, 0.5) is 0 Å². The van der Waals surface area contributed by atoms with E-state index in [0.29, 0.717) is 16.8 Å². The molecule has 1 aromatic heterocycles. The molecule has 0 unspecified atom stereocenters. The van der Waals surface area contributed by atoms with Crippen molar-refractivity contribution in [2.75, 3.05) is 6.61 Å². The van der Waals surface area contributed by atoms with Crippen molar-refractivity contribution in [3.63, 3.8) is 0 Å². The molecule has 0 aliphatic carbocycles. The minimum atomic E-state index is -0.687. The van der Waals surface area contributed by atoms with Crippen LogP contribution in [0.15, 0.2) is 30.3 Å². The van der Waals surface area contributed by atoms with Gasteiger partial charge in [-0.25, -0.2) is 4.79 Å². The van der Waals surface area contributed by atoms with Gasteiger partial charge in [-0.15, -0.1) is 0 Å². The van der Waals surface area contributed by atoms with Crippen molar-refractivity contribution in [2.45, 2.75) is 39.8 Å². The van der Waals surface area contributed by atoms with E-state index < -0.39 is 12.1 Å². The molecule has 0 fully saturated rings. The molecule has 2 rings (SSSR count). The van der Waals surface area contributed by atoms with Crippen LogP contribution >= 0.6 is 0 Å². The van der Waals surface area contributed by atoms with E-state index in [-0.39, 0.29) is 24.2 Å². The number of aryl methyl sites for hydroxylation is 1. The predicted molar refractivity (Wildman–Crippen MR) is 94.2 cm³/mol. The average Bonchev–Trinajstić information content (AvgIpc) is 2.88. The molecule has 1 aromatic carbocycles. The number of aliphatic hydroxyl groups excluding tert-OH is 1. The van der Waals surface area contributed by atoms with Gasteiger partial charge in [-0.2, -0.15) is 0 Å². The highest BCUT2D eigenvalue weighted by atomic mass is 16.5. The topological polar surface area (TPSA) is 91.4 Å². The second-order valence-electron chi connectivity index (χ2n) is 6.12. The van der Waals surface area contributed by atoms with Gasteiger partial charge in [0.2, 0.25) is 0 Å². The number of rotatable bonds is 6. The summed E-state index contributed by atoms with van der Waals surface area (Å²) < 4.78 is 5.09. The van der Waals surface area contributed by atoms with Gasteiger partial charge in [0, 0.05) is 11.3 Å². The van der Waals surface area contributed by atoms with E-state index in [4.69, 9.17) is 4.74 Å². The lowest BCUT2D eigenvalue weighted by atomic mass is 10.1. The van der Waals surface area contributed by atoms with Crippen LogP contribution in [0.1, 0.15) is 58.9 Å². The van der Waals surface area contributed by atoms with E-state index in [1.807, 2.05) is 37.3 Å². The number of esters is 1. The zero-order valence-corrected chi connectivity index (χ0v) is 14.9. The fourth-order valence-electron chi connectivity index (χ4n) is 2.91. The van der Waals surface area contributed by atoms with Crippen LogP contribution in [0, 0.1) is 13.8 Å². The molecule has 134 valence electrons. The Bertz CT molecular complexity index is 750. The van der Waals surface area contributed by atoms with E-state index in [0.717, 1.165) is 5.56 Å². The summed E-state index contributed by atoms with van der Waals surface area (Å²) in [6.07, 6.45) is -0.687. The smallest absolute Gasteiger partial charge is 0.355 e. The molecule has 1 amide bonds. The third kappa shape index (κ3) is 4.48. The first-order chi connectivity index (χ1) is 11.8. The Kier molecular flexibility index (Phi) is 5.98. The van der Waals surface area contributed by atoms with Crippen molar-refractivity contribution >= 4 is 11.9 Å². The molecule has 6 heteroatoms. The SMILES string of the molecule is Cc1[nH]c(C(=O)OCC(=O)N[C@H](C)c2ccccc2)c(C)c1[C@@H](C)O. The summed E-state index contributed by atoms with van der Waals surface area (Å²) in [6.45, 7) is 6.65. The molecule has 0 saturated heterocycles. The molecule has 2 aromatic rings. The van der Waals surface area contributed by atoms with Crippen molar-refractivity contribution in [3.8, 4) is 0 Å². The number of nitrogens with one attached hydrogen (secondary N) is 2. The molecule has 3 N–H and O–H groups in total. The van der Waals surface area contributed by atoms with Gasteiger partial charge < -0.3 is 20.1 Å². The van der Waals surface area contributed by atoms with Gasteiger partial charge in [0.25, 0.3) is 5.91 Å². The second-order valence-corrected chi connectivity index (χ2v) is 6.12. The average molecular weight is 344 g/mol. The highest BCUT2D eigenvalue weighted by Crippen LogP contribution is 2.24. The lowest BCUT2D eigenvalue weighted by Crippen LogP contribution is -2.31. The second kappa shape index (κ2) is 7.98. The van der Waals surface area contributed by atoms with Gasteiger partial charge in [0.1, 0.15) is 5.69 Å². The quantitative estimate of drug-likeness (QED) is 0.703. The third-order valence-electron chi connectivity index (χ3n) is 4.13. The van der Waals surface area contributed by atoms with Crippen LogP contribution in [0.5, 0.6) is 0 Å². The summed E-state index contributed by atoms with van der Waals surface area (Å²) in [5.74, 6) is -0.989. The Morgan fingerprint density at radius 3 is 2.40 bits per heavy atom. The summed E-state index contributed by atoms with van der Waals surface area (Å²) in [5.41, 5.74) is 3.25. The first kappa shape index (κ1) is 18.7. The zero-order valence-electron chi connectivity index (χ0n) is 14.9. The van der Waals surface area contributed by atoms with E-state index in [9.17, 15) is 14.7 Å². The van der Waals surface area contributed by atoms with Gasteiger partial charge in [-0.3, -0.25) is 4.79 Å². The Labute approximate surface area is 147 Å². The van der Waals surface area contributed by atoms with Crippen molar-refractivity contribution in [1.29, 1.82) is 0 Å². The standard InChI is InChI=1S/C19H24N2O4/c1-11-17(14(4)22)13(3)21-18(11)19(24)25-10-16(23)20-12(2)15-8-6-5-7-9-15/h5-9,12,14,21-22H,10H2,1-4H3,(H,20,23)/t12-,14-/m1/s1. The van der Waals surface area contributed by atoms with Crippen LogP contribution in [0.3, 0.4) is 0 Å². The molecule has 0 aliphatic heterocycles. The predicted octanol–water partition coefficient (Wildman–Crippen LogP) is 2.72. The minimum Gasteiger partial charge on any atom is -0.451 e. The van der Waals surface area contributed by atoms with Crippen LogP contribution in [-0.2, 0) is 9.53 Å². The number of amides is 1. The summed E-state index contributed by atoms with van der Waals surface area (Å²) >= 11 is 0. The molecule has 0 bridgehead atoms.